The summed E-state index contributed by atoms with van der Waals surface area (Å²) in [5.41, 5.74) is 24.2. The fourth-order valence-corrected chi connectivity index (χ4v) is 12.4. The molecule has 1 aromatic heterocycles. The zero-order valence-corrected chi connectivity index (χ0v) is 45.5. The summed E-state index contributed by atoms with van der Waals surface area (Å²) in [6, 6.07) is 90.9. The minimum absolute atomic E-state index is 0.0247. The van der Waals surface area contributed by atoms with Crippen molar-refractivity contribution in [2.75, 3.05) is 4.90 Å². The molecule has 12 aromatic rings. The van der Waals surface area contributed by atoms with Crippen molar-refractivity contribution in [1.29, 1.82) is 0 Å². The summed E-state index contributed by atoms with van der Waals surface area (Å²) in [5, 5.41) is 4.95. The zero-order chi connectivity index (χ0) is 52.8. The highest BCUT2D eigenvalue weighted by molar-refractivity contribution is 6.11. The monoisotopic (exact) mass is 993 g/mol. The van der Waals surface area contributed by atoms with Gasteiger partial charge in [-0.3, -0.25) is 0 Å². The van der Waals surface area contributed by atoms with Crippen molar-refractivity contribution >= 4 is 49.6 Å². The van der Waals surface area contributed by atoms with Crippen molar-refractivity contribution in [2.24, 2.45) is 0 Å². The molecule has 2 nitrogen and oxygen atoms in total. The Labute approximate surface area is 454 Å². The summed E-state index contributed by atoms with van der Waals surface area (Å²) in [4.78, 5) is 2.53. The Bertz CT molecular complexity index is 4230. The van der Waals surface area contributed by atoms with Crippen molar-refractivity contribution in [2.45, 2.75) is 71.6 Å². The van der Waals surface area contributed by atoms with E-state index >= 15 is 0 Å². The van der Waals surface area contributed by atoms with Crippen LogP contribution in [0.25, 0.3) is 93.9 Å². The fraction of sp³-hybridized carbons (Fsp3) is 0.147. The van der Waals surface area contributed by atoms with Crippen LogP contribution >= 0.6 is 0 Å². The van der Waals surface area contributed by atoms with Crippen molar-refractivity contribution in [3.8, 4) is 61.3 Å². The highest BCUT2D eigenvalue weighted by Crippen LogP contribution is 2.52. The van der Waals surface area contributed by atoms with Gasteiger partial charge < -0.3 is 9.47 Å². The number of para-hydroxylation sites is 4. The molecule has 0 N–H and O–H groups in total. The summed E-state index contributed by atoms with van der Waals surface area (Å²) in [5.74, 6) is 0. The van der Waals surface area contributed by atoms with Crippen LogP contribution in [0.5, 0.6) is 0 Å². The number of hydrogen-bond donors (Lipinski definition) is 0. The number of rotatable bonds is 8. The maximum atomic E-state index is 2.53. The van der Waals surface area contributed by atoms with Crippen molar-refractivity contribution in [3.05, 3.63) is 265 Å². The van der Waals surface area contributed by atoms with E-state index in [2.05, 4.69) is 308 Å². The summed E-state index contributed by atoms with van der Waals surface area (Å²) < 4.78 is 2.41. The minimum atomic E-state index is -0.142. The Kier molecular flexibility index (Phi) is 11.4. The van der Waals surface area contributed by atoms with E-state index in [1.165, 1.54) is 93.8 Å². The van der Waals surface area contributed by atoms with Gasteiger partial charge in [0.15, 0.2) is 0 Å². The Morgan fingerprint density at radius 2 is 0.909 bits per heavy atom. The molecule has 0 fully saturated rings. The molecular weight excluding hydrogens is 929 g/mol. The molecule has 0 bridgehead atoms. The van der Waals surface area contributed by atoms with E-state index in [9.17, 15) is 0 Å². The molecule has 0 radical (unpaired) electrons. The highest BCUT2D eigenvalue weighted by atomic mass is 15.1. The Morgan fingerprint density at radius 3 is 1.65 bits per heavy atom. The van der Waals surface area contributed by atoms with E-state index < -0.39 is 0 Å². The maximum Gasteiger partial charge on any atom is 0.0547 e. The van der Waals surface area contributed by atoms with Crippen LogP contribution in [-0.2, 0) is 16.2 Å². The SMILES string of the molecule is CC(C)(C)c1cc(-c2cccc3cccc(-c4ccccc4N(c4cccc(-c5ccc6c7ccccc7n(-c7ccccc7)c6c5)c4)c4ccccc4-c4ccc5c(c4)C(C)(C)c4ccccc4-5)c23)cc(C(C)(C)C)c1. The minimum Gasteiger partial charge on any atom is -0.309 e. The Balaban J connectivity index is 1.04. The van der Waals surface area contributed by atoms with E-state index in [1.54, 1.807) is 0 Å². The molecule has 1 aliphatic carbocycles. The molecule has 0 spiro atoms. The topological polar surface area (TPSA) is 8.17 Å². The van der Waals surface area contributed by atoms with E-state index in [0.717, 1.165) is 39.4 Å². The molecule has 0 unspecified atom stereocenters. The predicted molar refractivity (Wildman–Crippen MR) is 330 cm³/mol. The third-order valence-corrected chi connectivity index (χ3v) is 16.5. The normalized spacial score (nSPS) is 13.0. The number of fused-ring (bicyclic) bond motifs is 7. The van der Waals surface area contributed by atoms with Crippen molar-refractivity contribution < 1.29 is 0 Å². The van der Waals surface area contributed by atoms with E-state index in [-0.39, 0.29) is 16.2 Å². The van der Waals surface area contributed by atoms with Gasteiger partial charge in [-0.2, -0.15) is 0 Å². The number of anilines is 3. The fourth-order valence-electron chi connectivity index (χ4n) is 12.4. The van der Waals surface area contributed by atoms with Crippen molar-refractivity contribution in [3.63, 3.8) is 0 Å². The first-order valence-corrected chi connectivity index (χ1v) is 27.3. The maximum absolute atomic E-state index is 2.53. The molecule has 13 rings (SSSR count). The molecule has 374 valence electrons. The van der Waals surface area contributed by atoms with Crippen LogP contribution in [0.4, 0.5) is 17.1 Å². The van der Waals surface area contributed by atoms with Gasteiger partial charge in [-0.1, -0.05) is 243 Å². The molecule has 1 aliphatic rings. The predicted octanol–water partition coefficient (Wildman–Crippen LogP) is 21.0. The Morgan fingerprint density at radius 1 is 0.351 bits per heavy atom. The lowest BCUT2D eigenvalue weighted by Gasteiger charge is -2.31. The van der Waals surface area contributed by atoms with Crippen LogP contribution in [0.3, 0.4) is 0 Å². The first kappa shape index (κ1) is 48.0. The molecule has 0 atom stereocenters. The van der Waals surface area contributed by atoms with E-state index in [4.69, 9.17) is 0 Å². The van der Waals surface area contributed by atoms with Crippen molar-refractivity contribution in [1.82, 2.24) is 4.57 Å². The molecular formula is C75H64N2. The first-order chi connectivity index (χ1) is 37.2. The highest BCUT2D eigenvalue weighted by Gasteiger charge is 2.36. The lowest BCUT2D eigenvalue weighted by molar-refractivity contribution is 0.569. The molecule has 0 aliphatic heterocycles. The van der Waals surface area contributed by atoms with Gasteiger partial charge in [0.1, 0.15) is 0 Å². The lowest BCUT2D eigenvalue weighted by Crippen LogP contribution is -2.16. The van der Waals surface area contributed by atoms with Gasteiger partial charge in [0, 0.05) is 38.7 Å². The molecule has 0 amide bonds. The third-order valence-electron chi connectivity index (χ3n) is 16.5. The van der Waals surface area contributed by atoms with Crippen LogP contribution < -0.4 is 4.90 Å². The number of aromatic nitrogens is 1. The van der Waals surface area contributed by atoms with Crippen LogP contribution in [-0.4, -0.2) is 4.57 Å². The largest absolute Gasteiger partial charge is 0.309 e. The second-order valence-corrected chi connectivity index (χ2v) is 23.8. The zero-order valence-electron chi connectivity index (χ0n) is 45.5. The van der Waals surface area contributed by atoms with Gasteiger partial charge in [-0.25, -0.2) is 0 Å². The molecule has 2 heteroatoms. The number of hydrogen-bond acceptors (Lipinski definition) is 1. The average Bonchev–Trinajstić information content (AvgIpc) is 3.95. The third kappa shape index (κ3) is 8.17. The summed E-state index contributed by atoms with van der Waals surface area (Å²) >= 11 is 0. The first-order valence-electron chi connectivity index (χ1n) is 27.3. The molecule has 0 saturated carbocycles. The van der Waals surface area contributed by atoms with Gasteiger partial charge in [0.2, 0.25) is 0 Å². The summed E-state index contributed by atoms with van der Waals surface area (Å²) in [6.45, 7) is 18.7. The lowest BCUT2D eigenvalue weighted by atomic mass is 9.78. The van der Waals surface area contributed by atoms with Gasteiger partial charge in [-0.05, 0) is 143 Å². The molecule has 1 heterocycles. The summed E-state index contributed by atoms with van der Waals surface area (Å²) in [6.07, 6.45) is 0. The molecule has 11 aromatic carbocycles. The average molecular weight is 993 g/mol. The standard InChI is InChI=1S/C75H64N2/c1-73(2,3)54-43-53(44-55(48-54)74(4,5)6)59-33-21-23-49-24-22-34-65(72(49)59)63-32-15-19-38-70(63)77(68-36-17-13-29-58(68)52-40-41-61-60-30-12-16-35-66(60)75(7,8)67(61)46-52)57-28-20-25-50(45-57)51-39-42-64-62-31-14-18-37-69(62)76(71(64)47-51)56-26-10-9-11-27-56/h9-48H,1-8H3. The number of benzene rings is 11. The Hall–Kier alpha value is -8.72. The van der Waals surface area contributed by atoms with Crippen LogP contribution in [0, 0.1) is 0 Å². The smallest absolute Gasteiger partial charge is 0.0547 e. The quantitative estimate of drug-likeness (QED) is 0.147. The van der Waals surface area contributed by atoms with Gasteiger partial charge >= 0.3 is 0 Å². The number of nitrogens with zero attached hydrogens (tertiary/aromatic N) is 2. The van der Waals surface area contributed by atoms with Crippen LogP contribution in [0.2, 0.25) is 0 Å². The molecule has 0 saturated heterocycles. The van der Waals surface area contributed by atoms with Crippen LogP contribution in [0.15, 0.2) is 243 Å². The van der Waals surface area contributed by atoms with Gasteiger partial charge in [0.05, 0.1) is 22.4 Å². The van der Waals surface area contributed by atoms with Gasteiger partial charge in [0.25, 0.3) is 0 Å². The summed E-state index contributed by atoms with van der Waals surface area (Å²) in [7, 11) is 0. The van der Waals surface area contributed by atoms with Gasteiger partial charge in [-0.15, -0.1) is 0 Å². The molecule has 77 heavy (non-hydrogen) atoms. The van der Waals surface area contributed by atoms with E-state index in [1.807, 2.05) is 0 Å². The van der Waals surface area contributed by atoms with Crippen LogP contribution in [0.1, 0.15) is 77.6 Å². The second-order valence-electron chi connectivity index (χ2n) is 23.8. The second kappa shape index (κ2) is 18.2. The van der Waals surface area contributed by atoms with E-state index in [0.29, 0.717) is 0 Å².